The summed E-state index contributed by atoms with van der Waals surface area (Å²) in [6, 6.07) is 0. The van der Waals surface area contributed by atoms with Crippen LogP contribution in [0.2, 0.25) is 0 Å². The third-order valence-corrected chi connectivity index (χ3v) is 5.01. The minimum Gasteiger partial charge on any atom is -0.396 e. The molecule has 10 nitrogen and oxygen atoms in total. The van der Waals surface area contributed by atoms with Gasteiger partial charge in [-0.25, -0.2) is 0 Å². The first-order valence-corrected chi connectivity index (χ1v) is 9.68. The van der Waals surface area contributed by atoms with Crippen molar-refractivity contribution < 1.29 is 51.1 Å². The van der Waals surface area contributed by atoms with Gasteiger partial charge in [-0.2, -0.15) is 0 Å². The Morgan fingerprint density at radius 3 is 0.750 bits per heavy atom. The average Bonchev–Trinajstić information content (AvgIpc) is 2.54. The van der Waals surface area contributed by atoms with Crippen molar-refractivity contribution in [2.24, 2.45) is 0 Å². The van der Waals surface area contributed by atoms with Crippen LogP contribution in [0.1, 0.15) is 51.4 Å². The molecule has 0 aromatic rings. The standard InChI is InChI=1S/C18H38O10/c19-5-1-13(23)9-17(27,10-14(24)2-6-20)18(28,11-15(25)3-7-21)12-16(26)4-8-22/h13-16,19-28H,1-12H2. The molecule has 0 saturated carbocycles. The van der Waals surface area contributed by atoms with Crippen LogP contribution in [0.4, 0.5) is 0 Å². The van der Waals surface area contributed by atoms with Crippen LogP contribution < -0.4 is 0 Å². The van der Waals surface area contributed by atoms with Crippen molar-refractivity contribution in [3.05, 3.63) is 0 Å². The molecule has 0 fully saturated rings. The number of aliphatic hydroxyl groups excluding tert-OH is 8. The van der Waals surface area contributed by atoms with Gasteiger partial charge in [0.15, 0.2) is 0 Å². The maximum absolute atomic E-state index is 11.3. The van der Waals surface area contributed by atoms with Crippen molar-refractivity contribution in [2.45, 2.75) is 87.0 Å². The lowest BCUT2D eigenvalue weighted by molar-refractivity contribution is -0.209. The van der Waals surface area contributed by atoms with E-state index in [1.165, 1.54) is 0 Å². The van der Waals surface area contributed by atoms with Crippen molar-refractivity contribution in [2.75, 3.05) is 26.4 Å². The predicted octanol–water partition coefficient (Wildman–Crippen LogP) is -3.02. The highest BCUT2D eigenvalue weighted by Crippen LogP contribution is 2.40. The predicted molar refractivity (Wildman–Crippen MR) is 99.2 cm³/mol. The normalized spacial score (nSPS) is 20.8. The second-order valence-corrected chi connectivity index (χ2v) is 7.54. The molecular weight excluding hydrogens is 376 g/mol. The molecule has 0 bridgehead atoms. The second-order valence-electron chi connectivity index (χ2n) is 7.54. The van der Waals surface area contributed by atoms with E-state index in [-0.39, 0.29) is 52.1 Å². The van der Waals surface area contributed by atoms with Gasteiger partial charge in [0.2, 0.25) is 0 Å². The van der Waals surface area contributed by atoms with Gasteiger partial charge in [-0.05, 0) is 25.7 Å². The van der Waals surface area contributed by atoms with E-state index in [1.54, 1.807) is 0 Å². The Labute approximate surface area is 165 Å². The topological polar surface area (TPSA) is 202 Å². The van der Waals surface area contributed by atoms with Crippen molar-refractivity contribution in [1.29, 1.82) is 0 Å². The Kier molecular flexibility index (Phi) is 13.6. The maximum Gasteiger partial charge on any atom is 0.0984 e. The minimum absolute atomic E-state index is 0.104. The third-order valence-electron chi connectivity index (χ3n) is 5.01. The fraction of sp³-hybridized carbons (Fsp3) is 1.00. The van der Waals surface area contributed by atoms with Gasteiger partial charge in [-0.15, -0.1) is 0 Å². The fourth-order valence-electron chi connectivity index (χ4n) is 3.49. The van der Waals surface area contributed by atoms with Crippen LogP contribution in [0.15, 0.2) is 0 Å². The van der Waals surface area contributed by atoms with Crippen LogP contribution in [-0.2, 0) is 0 Å². The van der Waals surface area contributed by atoms with Crippen molar-refractivity contribution in [3.63, 3.8) is 0 Å². The number of hydrogen-bond donors (Lipinski definition) is 10. The number of hydrogen-bond acceptors (Lipinski definition) is 10. The van der Waals surface area contributed by atoms with Gasteiger partial charge in [0.05, 0.1) is 35.6 Å². The molecule has 170 valence electrons. The van der Waals surface area contributed by atoms with Gasteiger partial charge >= 0.3 is 0 Å². The molecule has 0 aliphatic heterocycles. The summed E-state index contributed by atoms with van der Waals surface area (Å²) >= 11 is 0. The Hall–Kier alpha value is -0.400. The van der Waals surface area contributed by atoms with E-state index in [0.29, 0.717) is 0 Å². The average molecular weight is 414 g/mol. The molecule has 10 N–H and O–H groups in total. The molecule has 0 amide bonds. The number of rotatable bonds is 17. The van der Waals surface area contributed by atoms with Crippen LogP contribution in [-0.4, -0.2) is 113 Å². The van der Waals surface area contributed by atoms with Crippen molar-refractivity contribution in [1.82, 2.24) is 0 Å². The van der Waals surface area contributed by atoms with E-state index < -0.39 is 61.3 Å². The SMILES string of the molecule is OCCC(O)CC(O)(CC(O)CCO)C(O)(CC(O)CCO)CC(O)CCO. The summed E-state index contributed by atoms with van der Waals surface area (Å²) in [6.45, 7) is -1.52. The molecule has 0 rings (SSSR count). The van der Waals surface area contributed by atoms with Gasteiger partial charge in [0.25, 0.3) is 0 Å². The summed E-state index contributed by atoms with van der Waals surface area (Å²) in [5.74, 6) is 0. The Morgan fingerprint density at radius 2 is 0.607 bits per heavy atom. The first kappa shape index (κ1) is 27.6. The smallest absolute Gasteiger partial charge is 0.0984 e. The molecule has 0 aromatic carbocycles. The minimum atomic E-state index is -2.19. The van der Waals surface area contributed by atoms with Crippen LogP contribution in [0, 0.1) is 0 Å². The summed E-state index contributed by atoms with van der Waals surface area (Å²) < 4.78 is 0. The molecular formula is C18H38O10. The van der Waals surface area contributed by atoms with Crippen molar-refractivity contribution >= 4 is 0 Å². The molecule has 0 radical (unpaired) electrons. The van der Waals surface area contributed by atoms with E-state index in [9.17, 15) is 30.6 Å². The molecule has 0 aromatic heterocycles. The third kappa shape index (κ3) is 9.40. The zero-order valence-corrected chi connectivity index (χ0v) is 16.3. The molecule has 4 unspecified atom stereocenters. The summed E-state index contributed by atoms with van der Waals surface area (Å²) in [5, 5.41) is 99.0. The lowest BCUT2D eigenvalue weighted by atomic mass is 9.69. The van der Waals surface area contributed by atoms with E-state index >= 15 is 0 Å². The van der Waals surface area contributed by atoms with Crippen LogP contribution in [0.3, 0.4) is 0 Å². The number of aliphatic hydroxyl groups is 10. The lowest BCUT2D eigenvalue weighted by Crippen LogP contribution is -2.60. The molecule has 0 heterocycles. The highest BCUT2D eigenvalue weighted by atomic mass is 16.4. The Bertz CT molecular complexity index is 331. The largest absolute Gasteiger partial charge is 0.396 e. The van der Waals surface area contributed by atoms with E-state index in [1.807, 2.05) is 0 Å². The molecule has 0 aliphatic carbocycles. The summed E-state index contributed by atoms with van der Waals surface area (Å²) in [6.07, 6.45) is -7.26. The molecule has 0 spiro atoms. The molecule has 28 heavy (non-hydrogen) atoms. The lowest BCUT2D eigenvalue weighted by Gasteiger charge is -2.47. The highest BCUT2D eigenvalue weighted by molar-refractivity contribution is 5.04. The maximum atomic E-state index is 11.3. The fourth-order valence-corrected chi connectivity index (χ4v) is 3.49. The van der Waals surface area contributed by atoms with E-state index in [0.717, 1.165) is 0 Å². The van der Waals surface area contributed by atoms with Gasteiger partial charge in [0, 0.05) is 52.1 Å². The zero-order valence-electron chi connectivity index (χ0n) is 16.3. The highest BCUT2D eigenvalue weighted by Gasteiger charge is 2.52. The molecule has 0 aliphatic rings. The summed E-state index contributed by atoms with van der Waals surface area (Å²) in [4.78, 5) is 0. The van der Waals surface area contributed by atoms with Gasteiger partial charge in [-0.1, -0.05) is 0 Å². The quantitative estimate of drug-likeness (QED) is 0.117. The van der Waals surface area contributed by atoms with Gasteiger partial charge in [0.1, 0.15) is 0 Å². The van der Waals surface area contributed by atoms with Crippen LogP contribution in [0.5, 0.6) is 0 Å². The second kappa shape index (κ2) is 13.8. The van der Waals surface area contributed by atoms with Crippen molar-refractivity contribution in [3.8, 4) is 0 Å². The van der Waals surface area contributed by atoms with Crippen LogP contribution in [0.25, 0.3) is 0 Å². The van der Waals surface area contributed by atoms with Gasteiger partial charge in [-0.3, -0.25) is 0 Å². The first-order valence-electron chi connectivity index (χ1n) is 9.68. The van der Waals surface area contributed by atoms with E-state index in [4.69, 9.17) is 20.4 Å². The zero-order chi connectivity index (χ0) is 21.8. The van der Waals surface area contributed by atoms with Gasteiger partial charge < -0.3 is 51.1 Å². The summed E-state index contributed by atoms with van der Waals surface area (Å²) in [7, 11) is 0. The molecule has 10 heteroatoms. The monoisotopic (exact) mass is 414 g/mol. The summed E-state index contributed by atoms with van der Waals surface area (Å²) in [5.41, 5.74) is -4.38. The molecule has 4 atom stereocenters. The Balaban J connectivity index is 5.84. The Morgan fingerprint density at radius 1 is 0.429 bits per heavy atom. The molecule has 0 saturated heterocycles. The van der Waals surface area contributed by atoms with E-state index in [2.05, 4.69) is 0 Å². The first-order chi connectivity index (χ1) is 13.1. The van der Waals surface area contributed by atoms with Crippen LogP contribution >= 0.6 is 0 Å².